The summed E-state index contributed by atoms with van der Waals surface area (Å²) >= 11 is 0. The first-order valence-electron chi connectivity index (χ1n) is 4.56. The largest absolute Gasteiger partial charge is 0.284 e. The van der Waals surface area contributed by atoms with Gasteiger partial charge in [0.15, 0.2) is 0 Å². The van der Waals surface area contributed by atoms with Crippen LogP contribution in [-0.2, 0) is 0 Å². The molecule has 0 aliphatic rings. The number of fused-ring (bicyclic) bond motifs is 1. The lowest BCUT2D eigenvalue weighted by Gasteiger charge is -2.03. The number of nitrogens with zero attached hydrogens (tertiary/aromatic N) is 1. The molecule has 2 aromatic rings. The minimum absolute atomic E-state index is 0.00167. The maximum absolute atomic E-state index is 11.5. The number of pyridine rings is 1. The van der Waals surface area contributed by atoms with Crippen LogP contribution in [0.4, 0.5) is 0 Å². The van der Waals surface area contributed by atoms with E-state index in [1.807, 2.05) is 43.3 Å². The number of hydrogen-bond acceptors (Lipinski definition) is 1. The van der Waals surface area contributed by atoms with Crippen LogP contribution in [0.5, 0.6) is 0 Å². The molecule has 2 rings (SSSR count). The minimum atomic E-state index is 0.00167. The van der Waals surface area contributed by atoms with Crippen LogP contribution in [-0.4, -0.2) is 4.57 Å². The van der Waals surface area contributed by atoms with Gasteiger partial charge in [0.1, 0.15) is 0 Å². The molecule has 0 radical (unpaired) electrons. The molecule has 0 unspecified atom stereocenters. The van der Waals surface area contributed by atoms with Gasteiger partial charge in [-0.05, 0) is 24.4 Å². The summed E-state index contributed by atoms with van der Waals surface area (Å²) in [5.41, 5.74) is 0.944. The normalized spacial score (nSPS) is 11.2. The van der Waals surface area contributed by atoms with Crippen LogP contribution in [0, 0.1) is 0 Å². The zero-order valence-electron chi connectivity index (χ0n) is 7.97. The van der Waals surface area contributed by atoms with Crippen molar-refractivity contribution in [2.75, 3.05) is 0 Å². The fourth-order valence-corrected chi connectivity index (χ4v) is 1.51. The van der Waals surface area contributed by atoms with Crippen molar-refractivity contribution in [3.63, 3.8) is 0 Å². The molecule has 2 nitrogen and oxygen atoms in total. The highest BCUT2D eigenvalue weighted by molar-refractivity contribution is 5.80. The molecular formula is C12H11NO. The van der Waals surface area contributed by atoms with Crippen LogP contribution >= 0.6 is 0 Å². The van der Waals surface area contributed by atoms with Gasteiger partial charge in [-0.25, -0.2) is 0 Å². The molecule has 14 heavy (non-hydrogen) atoms. The third kappa shape index (κ3) is 1.35. The van der Waals surface area contributed by atoms with E-state index in [1.165, 1.54) is 0 Å². The summed E-state index contributed by atoms with van der Waals surface area (Å²) in [5, 5.41) is 1.07. The fourth-order valence-electron chi connectivity index (χ4n) is 1.51. The Morgan fingerprint density at radius 3 is 2.71 bits per heavy atom. The van der Waals surface area contributed by atoms with Crippen LogP contribution in [0.25, 0.3) is 17.1 Å². The Morgan fingerprint density at radius 1 is 1.14 bits per heavy atom. The van der Waals surface area contributed by atoms with Crippen molar-refractivity contribution in [2.45, 2.75) is 6.92 Å². The van der Waals surface area contributed by atoms with Gasteiger partial charge in [-0.2, -0.15) is 0 Å². The molecule has 70 valence electrons. The second-order valence-electron chi connectivity index (χ2n) is 3.08. The Kier molecular flexibility index (Phi) is 2.19. The topological polar surface area (TPSA) is 22.0 Å². The number of para-hydroxylation sites is 1. The molecule has 0 fully saturated rings. The molecule has 2 heteroatoms. The van der Waals surface area contributed by atoms with E-state index in [9.17, 15) is 4.79 Å². The standard InChI is InChI=1S/C12H11NO/c1-2-9-13-11-6-4-3-5-10(11)7-8-12(13)14/h2-9H,1H3/b9-2+. The van der Waals surface area contributed by atoms with E-state index in [0.29, 0.717) is 0 Å². The van der Waals surface area contributed by atoms with Crippen molar-refractivity contribution >= 4 is 17.1 Å². The van der Waals surface area contributed by atoms with Gasteiger partial charge in [0.2, 0.25) is 0 Å². The molecule has 0 bridgehead atoms. The molecule has 1 aromatic heterocycles. The van der Waals surface area contributed by atoms with E-state index in [2.05, 4.69) is 0 Å². The summed E-state index contributed by atoms with van der Waals surface area (Å²) in [6.07, 6.45) is 3.64. The van der Waals surface area contributed by atoms with E-state index in [1.54, 1.807) is 16.8 Å². The van der Waals surface area contributed by atoms with Crippen molar-refractivity contribution in [1.29, 1.82) is 0 Å². The highest BCUT2D eigenvalue weighted by atomic mass is 16.1. The summed E-state index contributed by atoms with van der Waals surface area (Å²) in [5.74, 6) is 0. The first-order valence-corrected chi connectivity index (χ1v) is 4.56. The summed E-state index contributed by atoms with van der Waals surface area (Å²) in [7, 11) is 0. The quantitative estimate of drug-likeness (QED) is 0.669. The highest BCUT2D eigenvalue weighted by Gasteiger charge is 1.97. The summed E-state index contributed by atoms with van der Waals surface area (Å²) in [6.45, 7) is 1.90. The lowest BCUT2D eigenvalue weighted by molar-refractivity contribution is 1.12. The van der Waals surface area contributed by atoms with Crippen LogP contribution < -0.4 is 5.56 Å². The predicted molar refractivity (Wildman–Crippen MR) is 59.2 cm³/mol. The van der Waals surface area contributed by atoms with Gasteiger partial charge in [-0.15, -0.1) is 0 Å². The Hall–Kier alpha value is -1.83. The Morgan fingerprint density at radius 2 is 1.93 bits per heavy atom. The fraction of sp³-hybridized carbons (Fsp3) is 0.0833. The zero-order chi connectivity index (χ0) is 9.97. The molecule has 0 spiro atoms. The maximum Gasteiger partial charge on any atom is 0.255 e. The van der Waals surface area contributed by atoms with Crippen LogP contribution in [0.1, 0.15) is 6.92 Å². The third-order valence-electron chi connectivity index (χ3n) is 2.14. The van der Waals surface area contributed by atoms with Gasteiger partial charge >= 0.3 is 0 Å². The van der Waals surface area contributed by atoms with Gasteiger partial charge in [-0.3, -0.25) is 9.36 Å². The van der Waals surface area contributed by atoms with Gasteiger partial charge in [-0.1, -0.05) is 24.3 Å². The van der Waals surface area contributed by atoms with Gasteiger partial charge < -0.3 is 0 Å². The summed E-state index contributed by atoms with van der Waals surface area (Å²) in [4.78, 5) is 11.5. The molecule has 1 heterocycles. The van der Waals surface area contributed by atoms with Crippen molar-refractivity contribution in [3.8, 4) is 0 Å². The predicted octanol–water partition coefficient (Wildman–Crippen LogP) is 2.49. The van der Waals surface area contributed by atoms with Gasteiger partial charge in [0.05, 0.1) is 5.52 Å². The summed E-state index contributed by atoms with van der Waals surface area (Å²) in [6, 6.07) is 11.3. The molecule has 0 saturated carbocycles. The Bertz CT molecular complexity index is 537. The lowest BCUT2D eigenvalue weighted by Crippen LogP contribution is -2.13. The number of aromatic nitrogens is 1. The van der Waals surface area contributed by atoms with E-state index in [-0.39, 0.29) is 5.56 Å². The molecule has 0 atom stereocenters. The molecular weight excluding hydrogens is 174 g/mol. The third-order valence-corrected chi connectivity index (χ3v) is 2.14. The van der Waals surface area contributed by atoms with E-state index in [0.717, 1.165) is 10.9 Å². The monoisotopic (exact) mass is 185 g/mol. The maximum atomic E-state index is 11.5. The highest BCUT2D eigenvalue weighted by Crippen LogP contribution is 2.10. The van der Waals surface area contributed by atoms with Crippen LogP contribution in [0.3, 0.4) is 0 Å². The molecule has 0 aliphatic heterocycles. The van der Waals surface area contributed by atoms with E-state index >= 15 is 0 Å². The van der Waals surface area contributed by atoms with Crippen molar-refractivity contribution < 1.29 is 0 Å². The number of benzene rings is 1. The smallest absolute Gasteiger partial charge is 0.255 e. The first kappa shape index (κ1) is 8.75. The molecule has 0 amide bonds. The lowest BCUT2D eigenvalue weighted by atomic mass is 10.2. The van der Waals surface area contributed by atoms with E-state index < -0.39 is 0 Å². The molecule has 1 aromatic carbocycles. The van der Waals surface area contributed by atoms with Gasteiger partial charge in [0.25, 0.3) is 5.56 Å². The first-order chi connectivity index (χ1) is 6.83. The Balaban J connectivity index is 2.89. The van der Waals surface area contributed by atoms with Crippen molar-refractivity contribution in [1.82, 2.24) is 4.57 Å². The number of allylic oxidation sites excluding steroid dienone is 1. The number of hydrogen-bond donors (Lipinski definition) is 0. The number of rotatable bonds is 1. The Labute approximate surface area is 82.1 Å². The molecule has 0 N–H and O–H groups in total. The van der Waals surface area contributed by atoms with Crippen LogP contribution in [0.2, 0.25) is 0 Å². The van der Waals surface area contributed by atoms with Crippen molar-refractivity contribution in [3.05, 3.63) is 52.8 Å². The zero-order valence-corrected chi connectivity index (χ0v) is 7.97. The average molecular weight is 185 g/mol. The van der Waals surface area contributed by atoms with Crippen LogP contribution in [0.15, 0.2) is 47.3 Å². The molecule has 0 saturated heterocycles. The molecule has 0 aliphatic carbocycles. The minimum Gasteiger partial charge on any atom is -0.284 e. The second kappa shape index (κ2) is 3.50. The SMILES string of the molecule is C/C=C/n1c(=O)ccc2ccccc21. The van der Waals surface area contributed by atoms with E-state index in [4.69, 9.17) is 0 Å². The average Bonchev–Trinajstić information content (AvgIpc) is 2.23. The summed E-state index contributed by atoms with van der Waals surface area (Å²) < 4.78 is 1.65. The van der Waals surface area contributed by atoms with Crippen molar-refractivity contribution in [2.24, 2.45) is 0 Å². The second-order valence-corrected chi connectivity index (χ2v) is 3.08. The van der Waals surface area contributed by atoms with Gasteiger partial charge in [0, 0.05) is 12.3 Å².